The van der Waals surface area contributed by atoms with Crippen LogP contribution in [0.25, 0.3) is 0 Å². The molecule has 1 aliphatic carbocycles. The molecule has 11 nitrogen and oxygen atoms in total. The topological polar surface area (TPSA) is 168 Å². The molecule has 0 aromatic heterocycles. The van der Waals surface area contributed by atoms with Crippen molar-refractivity contribution in [1.82, 2.24) is 4.90 Å². The second-order valence-electron chi connectivity index (χ2n) is 17.0. The molecule has 4 rings (SSSR count). The van der Waals surface area contributed by atoms with Crippen LogP contribution in [0, 0.1) is 17.8 Å². The molecule has 4 aliphatic rings. The van der Waals surface area contributed by atoms with Gasteiger partial charge in [0, 0.05) is 37.6 Å². The minimum absolute atomic E-state index is 0.0103. The number of fused-ring (bicyclic) bond motifs is 3. The van der Waals surface area contributed by atoms with Gasteiger partial charge in [0.05, 0.1) is 18.3 Å². The highest BCUT2D eigenvalue weighted by Gasteiger charge is 2.52. The van der Waals surface area contributed by atoms with Gasteiger partial charge in [0.15, 0.2) is 0 Å². The lowest BCUT2D eigenvalue weighted by atomic mass is 9.83. The Bertz CT molecular complexity index is 1490. The van der Waals surface area contributed by atoms with Crippen molar-refractivity contribution >= 4 is 29.2 Å². The number of allylic oxidation sites excluding steroid dienone is 7. The zero-order chi connectivity index (χ0) is 40.8. The number of hydrogen-bond donors (Lipinski definition) is 3. The first-order chi connectivity index (χ1) is 26.7. The van der Waals surface area contributed by atoms with Crippen LogP contribution < -0.4 is 0 Å². The maximum Gasteiger partial charge on any atom is 0.329 e. The molecule has 1 saturated carbocycles. The van der Waals surface area contributed by atoms with Crippen molar-refractivity contribution in [3.05, 3.63) is 47.6 Å². The number of esters is 1. The lowest BCUT2D eigenvalue weighted by molar-refractivity contribution is -0.263. The SMILES string of the molecule is C\C1=C/C=C/C=C/CC[C@@H](C)C(=O)C[C@H](O)/C(C)=C/CC(=O)C[C@@H](CCC2CCC(O)CC2)OC(=O)[C@@H]2CCCCN2C(=O)C(=O)[C@]2(O)O[C@H](CC1)CC[C@H]2C. The number of hydrogen-bond acceptors (Lipinski definition) is 10. The van der Waals surface area contributed by atoms with Crippen LogP contribution in [0.5, 0.6) is 0 Å². The summed E-state index contributed by atoms with van der Waals surface area (Å²) in [6, 6.07) is -1.05. The number of Topliss-reactive ketones (excluding diaryl/α,β-unsaturated/α-hetero) is 3. The summed E-state index contributed by atoms with van der Waals surface area (Å²) in [6.45, 7) is 7.40. The average Bonchev–Trinajstić information content (AvgIpc) is 3.18. The number of rotatable bonds is 3. The van der Waals surface area contributed by atoms with E-state index in [1.165, 1.54) is 4.90 Å². The molecule has 7 atom stereocenters. The fourth-order valence-electron chi connectivity index (χ4n) is 8.28. The Labute approximate surface area is 333 Å². The molecule has 3 fully saturated rings. The van der Waals surface area contributed by atoms with Crippen molar-refractivity contribution in [1.29, 1.82) is 0 Å². The zero-order valence-corrected chi connectivity index (χ0v) is 34.2. The molecule has 3 heterocycles. The van der Waals surface area contributed by atoms with E-state index in [-0.39, 0.29) is 55.8 Å². The van der Waals surface area contributed by atoms with Crippen molar-refractivity contribution in [2.75, 3.05) is 6.54 Å². The summed E-state index contributed by atoms with van der Waals surface area (Å²) >= 11 is 0. The third kappa shape index (κ3) is 13.4. The van der Waals surface area contributed by atoms with Gasteiger partial charge in [-0.2, -0.15) is 0 Å². The molecule has 11 heteroatoms. The van der Waals surface area contributed by atoms with E-state index in [1.54, 1.807) is 19.9 Å². The summed E-state index contributed by atoms with van der Waals surface area (Å²) in [4.78, 5) is 69.2. The number of carbonyl (C=O) groups excluding carboxylic acids is 5. The summed E-state index contributed by atoms with van der Waals surface area (Å²) in [5, 5.41) is 32.5. The quantitative estimate of drug-likeness (QED) is 0.162. The predicted molar refractivity (Wildman–Crippen MR) is 213 cm³/mol. The van der Waals surface area contributed by atoms with Gasteiger partial charge in [0.1, 0.15) is 23.7 Å². The Balaban J connectivity index is 1.56. The van der Waals surface area contributed by atoms with E-state index in [1.807, 2.05) is 44.2 Å². The second-order valence-corrected chi connectivity index (χ2v) is 17.0. The maximum atomic E-state index is 13.9. The van der Waals surface area contributed by atoms with Gasteiger partial charge < -0.3 is 29.7 Å². The molecule has 0 unspecified atom stereocenters. The number of ketones is 3. The molecule has 3 aliphatic heterocycles. The van der Waals surface area contributed by atoms with E-state index in [2.05, 4.69) is 0 Å². The number of carbonyl (C=O) groups is 5. The molecule has 0 radical (unpaired) electrons. The van der Waals surface area contributed by atoms with Crippen LogP contribution in [0.15, 0.2) is 47.6 Å². The van der Waals surface area contributed by atoms with Crippen LogP contribution in [0.4, 0.5) is 0 Å². The van der Waals surface area contributed by atoms with E-state index in [0.717, 1.165) is 18.4 Å². The van der Waals surface area contributed by atoms with Crippen LogP contribution in [0.1, 0.15) is 143 Å². The number of cyclic esters (lactones) is 1. The smallest absolute Gasteiger partial charge is 0.329 e. The van der Waals surface area contributed by atoms with Crippen molar-refractivity contribution in [2.45, 2.75) is 180 Å². The molecule has 3 N–H and O–H groups in total. The van der Waals surface area contributed by atoms with Gasteiger partial charge in [-0.3, -0.25) is 19.2 Å². The third-order valence-corrected chi connectivity index (χ3v) is 12.4. The van der Waals surface area contributed by atoms with Crippen LogP contribution in [0.2, 0.25) is 0 Å². The number of aliphatic hydroxyl groups is 3. The molecule has 2 bridgehead atoms. The predicted octanol–water partition coefficient (Wildman–Crippen LogP) is 6.57. The Morgan fingerprint density at radius 3 is 2.34 bits per heavy atom. The van der Waals surface area contributed by atoms with Crippen LogP contribution >= 0.6 is 0 Å². The standard InChI is InChI=1S/C45H67NO10/c1-30-12-8-6-5-7-9-13-31(2)40(49)29-41(50)32(3)16-21-36(48)28-38(26-20-34-18-22-35(47)23-19-34)55-44(53)39-14-10-11-27-46(39)43(52)42(51)45(54)33(4)17-25-37(56-45)24-15-30/h5-8,12,16,31,33-35,37-39,41,47,50,54H,9-11,13-15,17-29H2,1-4H3/b7-5+,8-6+,30-12+,32-16+/t31-,33-,34?,35?,37-,38-,39+,41+,45-/m1/s1. The van der Waals surface area contributed by atoms with Crippen LogP contribution in [-0.4, -0.2) is 92.2 Å². The largest absolute Gasteiger partial charge is 0.460 e. The van der Waals surface area contributed by atoms with E-state index in [4.69, 9.17) is 9.47 Å². The van der Waals surface area contributed by atoms with Crippen molar-refractivity contribution in [2.24, 2.45) is 17.8 Å². The summed E-state index contributed by atoms with van der Waals surface area (Å²) in [6.07, 6.45) is 18.1. The molecular weight excluding hydrogens is 714 g/mol. The van der Waals surface area contributed by atoms with E-state index < -0.39 is 53.7 Å². The first-order valence-corrected chi connectivity index (χ1v) is 21.2. The first-order valence-electron chi connectivity index (χ1n) is 21.2. The lowest BCUT2D eigenvalue weighted by Gasteiger charge is -2.42. The number of amides is 1. The highest BCUT2D eigenvalue weighted by atomic mass is 16.6. The van der Waals surface area contributed by atoms with E-state index >= 15 is 0 Å². The Morgan fingerprint density at radius 1 is 0.839 bits per heavy atom. The van der Waals surface area contributed by atoms with Gasteiger partial charge in [0.2, 0.25) is 5.79 Å². The lowest BCUT2D eigenvalue weighted by Crippen LogP contribution is -2.60. The molecule has 0 aromatic rings. The van der Waals surface area contributed by atoms with Gasteiger partial charge in [-0.15, -0.1) is 0 Å². The minimum Gasteiger partial charge on any atom is -0.460 e. The summed E-state index contributed by atoms with van der Waals surface area (Å²) in [5.41, 5.74) is 1.61. The van der Waals surface area contributed by atoms with Crippen molar-refractivity contribution < 1.29 is 48.8 Å². The second kappa shape index (κ2) is 22.0. The monoisotopic (exact) mass is 781 g/mol. The normalized spacial score (nSPS) is 37.7. The summed E-state index contributed by atoms with van der Waals surface area (Å²) in [5.74, 6) is -5.84. The molecule has 0 aromatic carbocycles. The number of ether oxygens (including phenoxy) is 2. The van der Waals surface area contributed by atoms with E-state index in [0.29, 0.717) is 88.5 Å². The van der Waals surface area contributed by atoms with Crippen LogP contribution in [-0.2, 0) is 33.4 Å². The number of aliphatic hydroxyl groups excluding tert-OH is 2. The fraction of sp³-hybridized carbons (Fsp3) is 0.711. The van der Waals surface area contributed by atoms with Gasteiger partial charge in [0.25, 0.3) is 11.7 Å². The van der Waals surface area contributed by atoms with Gasteiger partial charge >= 0.3 is 5.97 Å². The van der Waals surface area contributed by atoms with Crippen molar-refractivity contribution in [3.63, 3.8) is 0 Å². The van der Waals surface area contributed by atoms with Gasteiger partial charge in [-0.05, 0) is 122 Å². The Kier molecular flexibility index (Phi) is 17.9. The summed E-state index contributed by atoms with van der Waals surface area (Å²) in [7, 11) is 0. The Morgan fingerprint density at radius 2 is 1.59 bits per heavy atom. The molecule has 0 spiro atoms. The highest BCUT2D eigenvalue weighted by molar-refractivity contribution is 6.39. The zero-order valence-electron chi connectivity index (χ0n) is 34.2. The van der Waals surface area contributed by atoms with Gasteiger partial charge in [-0.25, -0.2) is 4.79 Å². The first kappa shape index (κ1) is 45.5. The van der Waals surface area contributed by atoms with Crippen LogP contribution in [0.3, 0.4) is 0 Å². The minimum atomic E-state index is -2.32. The number of piperidine rings is 1. The van der Waals surface area contributed by atoms with Gasteiger partial charge in [-0.1, -0.05) is 55.9 Å². The number of nitrogens with zero attached hydrogens (tertiary/aromatic N) is 1. The maximum absolute atomic E-state index is 13.9. The molecule has 56 heavy (non-hydrogen) atoms. The molecular formula is C45H67NO10. The van der Waals surface area contributed by atoms with E-state index in [9.17, 15) is 39.3 Å². The fourth-order valence-corrected chi connectivity index (χ4v) is 8.28. The summed E-state index contributed by atoms with van der Waals surface area (Å²) < 4.78 is 12.1. The highest BCUT2D eigenvalue weighted by Crippen LogP contribution is 2.36. The molecule has 312 valence electrons. The Hall–Kier alpha value is -3.25. The molecule has 1 amide bonds. The van der Waals surface area contributed by atoms with Crippen molar-refractivity contribution in [3.8, 4) is 0 Å². The molecule has 2 saturated heterocycles. The average molecular weight is 782 g/mol. The third-order valence-electron chi connectivity index (χ3n) is 12.4.